The normalized spacial score (nSPS) is 13.4. The van der Waals surface area contributed by atoms with Gasteiger partial charge in [-0.3, -0.25) is 0 Å². The van der Waals surface area contributed by atoms with Crippen LogP contribution in [0.5, 0.6) is 0 Å². The number of halogens is 1. The second kappa shape index (κ2) is 6.37. The lowest BCUT2D eigenvalue weighted by Crippen LogP contribution is -2.14. The Morgan fingerprint density at radius 1 is 1.05 bits per heavy atom. The molecule has 3 heteroatoms. The minimum absolute atomic E-state index is 0.146. The van der Waals surface area contributed by atoms with E-state index >= 15 is 0 Å². The van der Waals surface area contributed by atoms with E-state index in [0.717, 1.165) is 29.7 Å². The fourth-order valence-corrected chi connectivity index (χ4v) is 2.64. The van der Waals surface area contributed by atoms with Crippen molar-refractivity contribution in [2.24, 2.45) is 0 Å². The smallest absolute Gasteiger partial charge is 0.127 e. The van der Waals surface area contributed by atoms with E-state index < -0.39 is 0 Å². The third kappa shape index (κ3) is 3.14. The van der Waals surface area contributed by atoms with Gasteiger partial charge in [-0.1, -0.05) is 25.1 Å². The highest BCUT2D eigenvalue weighted by atomic mass is 19.1. The Balaban J connectivity index is 1.86. The number of hydrogen-bond acceptors (Lipinski definition) is 2. The van der Waals surface area contributed by atoms with Crippen LogP contribution in [-0.2, 0) is 24.5 Å². The molecule has 21 heavy (non-hydrogen) atoms. The molecular weight excluding hydrogens is 265 g/mol. The van der Waals surface area contributed by atoms with Crippen LogP contribution in [0, 0.1) is 5.82 Å². The Kier molecular flexibility index (Phi) is 4.32. The van der Waals surface area contributed by atoms with Gasteiger partial charge in [0.15, 0.2) is 0 Å². The van der Waals surface area contributed by atoms with Crippen LogP contribution in [0.1, 0.15) is 30.0 Å². The van der Waals surface area contributed by atoms with E-state index in [1.54, 1.807) is 6.07 Å². The summed E-state index contributed by atoms with van der Waals surface area (Å²) in [5, 5.41) is 3.25. The van der Waals surface area contributed by atoms with E-state index in [-0.39, 0.29) is 5.82 Å². The summed E-state index contributed by atoms with van der Waals surface area (Å²) in [5.74, 6) is -0.146. The van der Waals surface area contributed by atoms with E-state index in [4.69, 9.17) is 4.74 Å². The van der Waals surface area contributed by atoms with Gasteiger partial charge in [0.1, 0.15) is 5.82 Å². The van der Waals surface area contributed by atoms with Crippen LogP contribution in [0.15, 0.2) is 36.4 Å². The molecule has 0 bridgehead atoms. The van der Waals surface area contributed by atoms with Gasteiger partial charge in [0.2, 0.25) is 0 Å². The number of ether oxygens (including phenoxy) is 1. The summed E-state index contributed by atoms with van der Waals surface area (Å²) in [6.07, 6.45) is 1.05. The molecule has 0 saturated heterocycles. The summed E-state index contributed by atoms with van der Waals surface area (Å²) < 4.78 is 19.3. The fraction of sp³-hybridized carbons (Fsp3) is 0.333. The van der Waals surface area contributed by atoms with Gasteiger partial charge in [0, 0.05) is 12.1 Å². The monoisotopic (exact) mass is 285 g/mol. The van der Waals surface area contributed by atoms with Gasteiger partial charge >= 0.3 is 0 Å². The molecule has 0 spiro atoms. The van der Waals surface area contributed by atoms with Crippen molar-refractivity contribution in [1.82, 2.24) is 5.32 Å². The van der Waals surface area contributed by atoms with Crippen LogP contribution in [0.2, 0.25) is 0 Å². The molecule has 0 saturated carbocycles. The van der Waals surface area contributed by atoms with Gasteiger partial charge in [-0.15, -0.1) is 0 Å². The lowest BCUT2D eigenvalue weighted by molar-refractivity contribution is 0.134. The number of benzene rings is 2. The molecule has 2 aromatic rings. The highest BCUT2D eigenvalue weighted by Crippen LogP contribution is 2.28. The highest BCUT2D eigenvalue weighted by molar-refractivity contribution is 5.66. The first-order valence-corrected chi connectivity index (χ1v) is 7.47. The van der Waals surface area contributed by atoms with Gasteiger partial charge < -0.3 is 10.1 Å². The van der Waals surface area contributed by atoms with Crippen molar-refractivity contribution in [3.63, 3.8) is 0 Å². The van der Waals surface area contributed by atoms with Crippen molar-refractivity contribution in [2.45, 2.75) is 33.1 Å². The number of hydrogen-bond donors (Lipinski definition) is 1. The predicted octanol–water partition coefficient (Wildman–Crippen LogP) is 4.02. The van der Waals surface area contributed by atoms with Crippen LogP contribution in [0.4, 0.5) is 4.39 Å². The molecule has 3 rings (SSSR count). The Morgan fingerprint density at radius 3 is 2.67 bits per heavy atom. The summed E-state index contributed by atoms with van der Waals surface area (Å²) >= 11 is 0. The summed E-state index contributed by atoms with van der Waals surface area (Å²) in [5.41, 5.74) is 5.39. The molecule has 0 aliphatic carbocycles. The molecular formula is C18H20FNO. The van der Waals surface area contributed by atoms with Crippen molar-refractivity contribution in [3.8, 4) is 11.1 Å². The lowest BCUT2D eigenvalue weighted by Gasteiger charge is -2.09. The Bertz CT molecular complexity index is 639. The average molecular weight is 285 g/mol. The minimum atomic E-state index is -0.146. The molecule has 1 heterocycles. The Labute approximate surface area is 125 Å². The molecule has 1 aliphatic heterocycles. The third-order valence-electron chi connectivity index (χ3n) is 3.84. The third-order valence-corrected chi connectivity index (χ3v) is 3.84. The van der Waals surface area contributed by atoms with Crippen LogP contribution in [-0.4, -0.2) is 6.54 Å². The average Bonchev–Trinajstić information content (AvgIpc) is 2.97. The summed E-state index contributed by atoms with van der Waals surface area (Å²) in [6, 6.07) is 11.7. The molecule has 0 fully saturated rings. The number of nitrogens with one attached hydrogen (secondary N) is 1. The summed E-state index contributed by atoms with van der Waals surface area (Å²) in [4.78, 5) is 0. The molecule has 1 aliphatic rings. The summed E-state index contributed by atoms with van der Waals surface area (Å²) in [6.45, 7) is 4.95. The van der Waals surface area contributed by atoms with Crippen molar-refractivity contribution < 1.29 is 9.13 Å². The van der Waals surface area contributed by atoms with Gasteiger partial charge in [-0.2, -0.15) is 0 Å². The molecule has 0 aromatic heterocycles. The zero-order valence-corrected chi connectivity index (χ0v) is 12.3. The number of rotatable bonds is 5. The maximum atomic E-state index is 13.9. The molecule has 110 valence electrons. The first-order valence-electron chi connectivity index (χ1n) is 7.47. The quantitative estimate of drug-likeness (QED) is 0.838. The largest absolute Gasteiger partial charge is 0.372 e. The van der Waals surface area contributed by atoms with E-state index in [1.807, 2.05) is 12.1 Å². The van der Waals surface area contributed by atoms with Crippen molar-refractivity contribution in [3.05, 3.63) is 58.9 Å². The molecule has 0 radical (unpaired) electrons. The standard InChI is InChI=1S/C18H20FNO/c1-2-7-20-10-16-8-14(5-6-18(16)19)13-3-4-15-11-21-12-17(15)9-13/h3-6,8-9,20H,2,7,10-12H2,1H3. The molecule has 0 atom stereocenters. The highest BCUT2D eigenvalue weighted by Gasteiger charge is 2.12. The molecule has 2 nitrogen and oxygen atoms in total. The zero-order chi connectivity index (χ0) is 14.7. The fourth-order valence-electron chi connectivity index (χ4n) is 2.64. The molecule has 0 unspecified atom stereocenters. The molecule has 1 N–H and O–H groups in total. The van der Waals surface area contributed by atoms with Gasteiger partial charge in [-0.25, -0.2) is 4.39 Å². The van der Waals surface area contributed by atoms with E-state index in [0.29, 0.717) is 19.8 Å². The van der Waals surface area contributed by atoms with Crippen molar-refractivity contribution in [2.75, 3.05) is 6.54 Å². The zero-order valence-electron chi connectivity index (χ0n) is 12.3. The van der Waals surface area contributed by atoms with E-state index in [9.17, 15) is 4.39 Å². The second-order valence-corrected chi connectivity index (χ2v) is 5.46. The van der Waals surface area contributed by atoms with Gasteiger partial charge in [0.25, 0.3) is 0 Å². The van der Waals surface area contributed by atoms with Crippen molar-refractivity contribution in [1.29, 1.82) is 0 Å². The first-order chi connectivity index (χ1) is 10.3. The molecule has 2 aromatic carbocycles. The molecule has 0 amide bonds. The van der Waals surface area contributed by atoms with E-state index in [2.05, 4.69) is 30.4 Å². The number of fused-ring (bicyclic) bond motifs is 1. The SMILES string of the molecule is CCCNCc1cc(-c2ccc3c(c2)COC3)ccc1F. The van der Waals surface area contributed by atoms with Crippen LogP contribution in [0.25, 0.3) is 11.1 Å². The first kappa shape index (κ1) is 14.2. The minimum Gasteiger partial charge on any atom is -0.372 e. The predicted molar refractivity (Wildman–Crippen MR) is 82.3 cm³/mol. The second-order valence-electron chi connectivity index (χ2n) is 5.46. The Hall–Kier alpha value is -1.71. The maximum absolute atomic E-state index is 13.9. The maximum Gasteiger partial charge on any atom is 0.127 e. The van der Waals surface area contributed by atoms with Gasteiger partial charge in [0.05, 0.1) is 13.2 Å². The van der Waals surface area contributed by atoms with E-state index in [1.165, 1.54) is 11.1 Å². The van der Waals surface area contributed by atoms with Crippen LogP contribution in [0.3, 0.4) is 0 Å². The van der Waals surface area contributed by atoms with Crippen LogP contribution < -0.4 is 5.32 Å². The van der Waals surface area contributed by atoms with Gasteiger partial charge in [-0.05, 0) is 53.4 Å². The Morgan fingerprint density at radius 2 is 1.81 bits per heavy atom. The summed E-state index contributed by atoms with van der Waals surface area (Å²) in [7, 11) is 0. The van der Waals surface area contributed by atoms with Crippen LogP contribution >= 0.6 is 0 Å². The van der Waals surface area contributed by atoms with Crippen molar-refractivity contribution >= 4 is 0 Å². The lowest BCUT2D eigenvalue weighted by atomic mass is 9.99. The topological polar surface area (TPSA) is 21.3 Å².